The van der Waals surface area contributed by atoms with Crippen molar-refractivity contribution < 1.29 is 9.18 Å². The van der Waals surface area contributed by atoms with Crippen molar-refractivity contribution in [1.29, 1.82) is 0 Å². The Kier molecular flexibility index (Phi) is 5.01. The molecule has 0 unspecified atom stereocenters. The van der Waals surface area contributed by atoms with E-state index in [9.17, 15) is 9.18 Å². The Hall–Kier alpha value is -1.39. The van der Waals surface area contributed by atoms with E-state index in [1.165, 1.54) is 11.0 Å². The van der Waals surface area contributed by atoms with Crippen LogP contribution in [0.3, 0.4) is 0 Å². The van der Waals surface area contributed by atoms with Gasteiger partial charge in [-0.25, -0.2) is 4.39 Å². The molecule has 0 radical (unpaired) electrons. The number of carbonyl (C=O) groups excluding carboxylic acids is 1. The summed E-state index contributed by atoms with van der Waals surface area (Å²) < 4.78 is 14.7. The summed E-state index contributed by atoms with van der Waals surface area (Å²) >= 11 is 9.40. The molecule has 2 aromatic rings. The molecule has 0 spiro atoms. The average molecular weight is 371 g/mol. The van der Waals surface area contributed by atoms with E-state index in [4.69, 9.17) is 11.6 Å². The molecular formula is C16H14BrClFNO. The Morgan fingerprint density at radius 3 is 2.62 bits per heavy atom. The van der Waals surface area contributed by atoms with Gasteiger partial charge >= 0.3 is 0 Å². The first-order chi connectivity index (χ1) is 9.91. The number of amides is 1. The molecule has 0 saturated carbocycles. The molecule has 0 bridgehead atoms. The third-order valence-electron chi connectivity index (χ3n) is 3.30. The Balaban J connectivity index is 2.26. The topological polar surface area (TPSA) is 20.3 Å². The zero-order valence-electron chi connectivity index (χ0n) is 11.7. The van der Waals surface area contributed by atoms with Crippen molar-refractivity contribution in [2.45, 2.75) is 13.5 Å². The summed E-state index contributed by atoms with van der Waals surface area (Å²) in [4.78, 5) is 13.9. The molecule has 0 N–H and O–H groups in total. The lowest BCUT2D eigenvalue weighted by Crippen LogP contribution is -2.27. The fraction of sp³-hybridized carbons (Fsp3) is 0.188. The molecule has 5 heteroatoms. The van der Waals surface area contributed by atoms with Gasteiger partial charge in [-0.1, -0.05) is 39.7 Å². The van der Waals surface area contributed by atoms with Crippen molar-refractivity contribution in [3.05, 3.63) is 68.4 Å². The van der Waals surface area contributed by atoms with Crippen LogP contribution in [0, 0.1) is 12.7 Å². The maximum absolute atomic E-state index is 13.8. The monoisotopic (exact) mass is 369 g/mol. The largest absolute Gasteiger partial charge is 0.337 e. The third kappa shape index (κ3) is 3.44. The van der Waals surface area contributed by atoms with Gasteiger partial charge < -0.3 is 4.90 Å². The SMILES string of the molecule is Cc1c(Br)cccc1C(=O)N(C)Cc1c(F)cccc1Cl. The van der Waals surface area contributed by atoms with Gasteiger partial charge in [-0.05, 0) is 36.8 Å². The summed E-state index contributed by atoms with van der Waals surface area (Å²) in [5.41, 5.74) is 1.76. The summed E-state index contributed by atoms with van der Waals surface area (Å²) in [5.74, 6) is -0.582. The van der Waals surface area contributed by atoms with Crippen LogP contribution in [0.4, 0.5) is 4.39 Å². The van der Waals surface area contributed by atoms with E-state index < -0.39 is 5.82 Å². The van der Waals surface area contributed by atoms with Gasteiger partial charge in [0.25, 0.3) is 5.91 Å². The van der Waals surface area contributed by atoms with Crippen LogP contribution in [0.15, 0.2) is 40.9 Å². The fourth-order valence-electron chi connectivity index (χ4n) is 2.04. The van der Waals surface area contributed by atoms with Gasteiger partial charge in [0.1, 0.15) is 5.82 Å². The van der Waals surface area contributed by atoms with E-state index in [0.717, 1.165) is 10.0 Å². The van der Waals surface area contributed by atoms with Gasteiger partial charge in [0.05, 0.1) is 0 Å². The van der Waals surface area contributed by atoms with Gasteiger partial charge in [0, 0.05) is 34.2 Å². The lowest BCUT2D eigenvalue weighted by Gasteiger charge is -2.20. The minimum atomic E-state index is -0.409. The molecule has 0 heterocycles. The van der Waals surface area contributed by atoms with Crippen LogP contribution in [0.1, 0.15) is 21.5 Å². The first kappa shape index (κ1) is 16.0. The van der Waals surface area contributed by atoms with Crippen LogP contribution in [0.2, 0.25) is 5.02 Å². The lowest BCUT2D eigenvalue weighted by molar-refractivity contribution is 0.0783. The van der Waals surface area contributed by atoms with Crippen molar-refractivity contribution in [2.24, 2.45) is 0 Å². The predicted molar refractivity (Wildman–Crippen MR) is 86.1 cm³/mol. The molecule has 2 aromatic carbocycles. The first-order valence-electron chi connectivity index (χ1n) is 6.35. The van der Waals surface area contributed by atoms with E-state index in [-0.39, 0.29) is 12.5 Å². The molecule has 0 aromatic heterocycles. The molecular weight excluding hydrogens is 357 g/mol. The summed E-state index contributed by atoms with van der Waals surface area (Å²) in [7, 11) is 1.63. The van der Waals surface area contributed by atoms with E-state index in [1.807, 2.05) is 13.0 Å². The summed E-state index contributed by atoms with van der Waals surface area (Å²) in [6.45, 7) is 1.98. The normalized spacial score (nSPS) is 10.5. The molecule has 0 aliphatic carbocycles. The summed E-state index contributed by atoms with van der Waals surface area (Å²) in [5, 5.41) is 0.320. The Morgan fingerprint density at radius 1 is 1.29 bits per heavy atom. The Bertz CT molecular complexity index is 670. The molecule has 0 aliphatic heterocycles. The minimum Gasteiger partial charge on any atom is -0.337 e. The molecule has 0 atom stereocenters. The zero-order chi connectivity index (χ0) is 15.6. The molecule has 21 heavy (non-hydrogen) atoms. The van der Waals surface area contributed by atoms with Crippen molar-refractivity contribution in [3.63, 3.8) is 0 Å². The van der Waals surface area contributed by atoms with E-state index in [0.29, 0.717) is 16.1 Å². The lowest BCUT2D eigenvalue weighted by atomic mass is 10.1. The number of halogens is 3. The van der Waals surface area contributed by atoms with E-state index >= 15 is 0 Å². The Morgan fingerprint density at radius 2 is 1.95 bits per heavy atom. The smallest absolute Gasteiger partial charge is 0.254 e. The molecule has 110 valence electrons. The highest BCUT2D eigenvalue weighted by molar-refractivity contribution is 9.10. The number of rotatable bonds is 3. The quantitative estimate of drug-likeness (QED) is 0.758. The van der Waals surface area contributed by atoms with Gasteiger partial charge in [-0.3, -0.25) is 4.79 Å². The van der Waals surface area contributed by atoms with Crippen LogP contribution in [0.5, 0.6) is 0 Å². The highest BCUT2D eigenvalue weighted by Gasteiger charge is 2.18. The summed E-state index contributed by atoms with van der Waals surface area (Å²) in [6, 6.07) is 9.92. The van der Waals surface area contributed by atoms with Crippen molar-refractivity contribution >= 4 is 33.4 Å². The van der Waals surface area contributed by atoms with E-state index in [1.54, 1.807) is 31.3 Å². The highest BCUT2D eigenvalue weighted by Crippen LogP contribution is 2.23. The maximum atomic E-state index is 13.8. The number of benzene rings is 2. The molecule has 0 fully saturated rings. The first-order valence-corrected chi connectivity index (χ1v) is 7.52. The van der Waals surface area contributed by atoms with Gasteiger partial charge in [-0.15, -0.1) is 0 Å². The second-order valence-corrected chi connectivity index (χ2v) is 6.04. The van der Waals surface area contributed by atoms with Crippen molar-refractivity contribution in [1.82, 2.24) is 4.90 Å². The number of hydrogen-bond acceptors (Lipinski definition) is 1. The van der Waals surface area contributed by atoms with Gasteiger partial charge in [-0.2, -0.15) is 0 Å². The van der Waals surface area contributed by atoms with Crippen LogP contribution in [0.25, 0.3) is 0 Å². The standard InChI is InChI=1S/C16H14BrClFNO/c1-10-11(5-3-6-13(10)17)16(21)20(2)9-12-14(18)7-4-8-15(12)19/h3-8H,9H2,1-2H3. The zero-order valence-corrected chi connectivity index (χ0v) is 14.0. The highest BCUT2D eigenvalue weighted by atomic mass is 79.9. The van der Waals surface area contributed by atoms with E-state index in [2.05, 4.69) is 15.9 Å². The predicted octanol–water partition coefficient (Wildman–Crippen LogP) is 4.82. The third-order valence-corrected chi connectivity index (χ3v) is 4.51. The van der Waals surface area contributed by atoms with Gasteiger partial charge in [0.2, 0.25) is 0 Å². The van der Waals surface area contributed by atoms with Crippen LogP contribution < -0.4 is 0 Å². The van der Waals surface area contributed by atoms with Crippen molar-refractivity contribution in [2.75, 3.05) is 7.05 Å². The van der Waals surface area contributed by atoms with Crippen LogP contribution >= 0.6 is 27.5 Å². The van der Waals surface area contributed by atoms with Crippen LogP contribution in [-0.2, 0) is 6.54 Å². The molecule has 1 amide bonds. The Labute approximate surface area is 136 Å². The molecule has 2 rings (SSSR count). The average Bonchev–Trinajstić information content (AvgIpc) is 2.45. The number of hydrogen-bond donors (Lipinski definition) is 0. The fourth-order valence-corrected chi connectivity index (χ4v) is 2.63. The second kappa shape index (κ2) is 6.58. The minimum absolute atomic E-state index is 0.121. The van der Waals surface area contributed by atoms with Crippen molar-refractivity contribution in [3.8, 4) is 0 Å². The molecule has 0 aliphatic rings. The number of nitrogens with zero attached hydrogens (tertiary/aromatic N) is 1. The maximum Gasteiger partial charge on any atom is 0.254 e. The summed E-state index contributed by atoms with van der Waals surface area (Å²) in [6.07, 6.45) is 0. The van der Waals surface area contributed by atoms with Gasteiger partial charge in [0.15, 0.2) is 0 Å². The molecule has 0 saturated heterocycles. The van der Waals surface area contributed by atoms with Crippen LogP contribution in [-0.4, -0.2) is 17.9 Å². The second-order valence-electron chi connectivity index (χ2n) is 4.77. The molecule has 2 nitrogen and oxygen atoms in total. The number of carbonyl (C=O) groups is 1.